The summed E-state index contributed by atoms with van der Waals surface area (Å²) < 4.78 is 5.20. The minimum Gasteiger partial charge on any atom is -0.388 e. The van der Waals surface area contributed by atoms with E-state index in [-0.39, 0.29) is 12.1 Å². The third kappa shape index (κ3) is 4.60. The molecular weight excluding hydrogens is 304 g/mol. The number of nitrogens with one attached hydrogen (secondary N) is 1. The summed E-state index contributed by atoms with van der Waals surface area (Å²) in [5.41, 5.74) is 0.121. The second-order valence-electron chi connectivity index (χ2n) is 6.03. The molecule has 6 heteroatoms. The number of hydrogen-bond acceptors (Lipinski definition) is 3. The summed E-state index contributed by atoms with van der Waals surface area (Å²) in [5, 5.41) is 13.7. The minimum atomic E-state index is -0.813. The SMILES string of the molecule is COCC(NC(=O)N1CCCC(C)(O)C1)c1ccc(Cl)cc1. The molecule has 2 amide bonds. The average Bonchev–Trinajstić information content (AvgIpc) is 2.46. The second-order valence-corrected chi connectivity index (χ2v) is 6.47. The number of methoxy groups -OCH3 is 1. The van der Waals surface area contributed by atoms with Crippen molar-refractivity contribution >= 4 is 17.6 Å². The molecule has 0 radical (unpaired) electrons. The van der Waals surface area contributed by atoms with Crippen LogP contribution in [0.3, 0.4) is 0 Å². The number of amides is 2. The maximum atomic E-state index is 12.4. The zero-order valence-electron chi connectivity index (χ0n) is 13.0. The Morgan fingerprint density at radius 2 is 2.18 bits per heavy atom. The van der Waals surface area contributed by atoms with Crippen molar-refractivity contribution in [2.24, 2.45) is 0 Å². The molecule has 1 fully saturated rings. The number of benzene rings is 1. The first-order valence-corrected chi connectivity index (χ1v) is 7.81. The fraction of sp³-hybridized carbons (Fsp3) is 0.562. The molecule has 1 aliphatic heterocycles. The quantitative estimate of drug-likeness (QED) is 0.894. The smallest absolute Gasteiger partial charge is 0.318 e. The van der Waals surface area contributed by atoms with E-state index in [0.717, 1.165) is 18.4 Å². The van der Waals surface area contributed by atoms with Gasteiger partial charge in [-0.25, -0.2) is 4.79 Å². The number of urea groups is 1. The van der Waals surface area contributed by atoms with Gasteiger partial charge < -0.3 is 20.1 Å². The Bertz CT molecular complexity index is 505. The molecule has 1 aromatic carbocycles. The van der Waals surface area contributed by atoms with Crippen molar-refractivity contribution in [3.63, 3.8) is 0 Å². The van der Waals surface area contributed by atoms with Crippen LogP contribution in [0.5, 0.6) is 0 Å². The molecule has 2 N–H and O–H groups in total. The minimum absolute atomic E-state index is 0.183. The van der Waals surface area contributed by atoms with Crippen LogP contribution in [0.4, 0.5) is 4.79 Å². The zero-order valence-corrected chi connectivity index (χ0v) is 13.8. The molecule has 0 bridgehead atoms. The van der Waals surface area contributed by atoms with E-state index >= 15 is 0 Å². The second kappa shape index (κ2) is 7.31. The number of piperidine rings is 1. The third-order valence-corrected chi connectivity index (χ3v) is 4.12. The number of likely N-dealkylation sites (tertiary alicyclic amines) is 1. The normalized spacial score (nSPS) is 23.2. The lowest BCUT2D eigenvalue weighted by atomic mass is 9.95. The van der Waals surface area contributed by atoms with Gasteiger partial charge in [0.25, 0.3) is 0 Å². The molecule has 1 aromatic rings. The Labute approximate surface area is 136 Å². The van der Waals surface area contributed by atoms with Gasteiger partial charge in [-0.05, 0) is 37.5 Å². The first-order valence-electron chi connectivity index (χ1n) is 7.43. The van der Waals surface area contributed by atoms with Gasteiger partial charge in [-0.15, -0.1) is 0 Å². The summed E-state index contributed by atoms with van der Waals surface area (Å²) >= 11 is 5.90. The Kier molecular flexibility index (Phi) is 5.67. The molecule has 2 unspecified atom stereocenters. The van der Waals surface area contributed by atoms with Crippen molar-refractivity contribution in [1.29, 1.82) is 0 Å². The molecule has 2 rings (SSSR count). The predicted octanol–water partition coefficient (Wildman–Crippen LogP) is 2.58. The number of ether oxygens (including phenoxy) is 1. The number of carbonyl (C=O) groups is 1. The van der Waals surface area contributed by atoms with Crippen molar-refractivity contribution in [3.05, 3.63) is 34.9 Å². The monoisotopic (exact) mass is 326 g/mol. The lowest BCUT2D eigenvalue weighted by molar-refractivity contribution is -0.00322. The van der Waals surface area contributed by atoms with Crippen LogP contribution in [0.15, 0.2) is 24.3 Å². The highest BCUT2D eigenvalue weighted by molar-refractivity contribution is 6.30. The molecule has 0 spiro atoms. The van der Waals surface area contributed by atoms with Crippen LogP contribution < -0.4 is 5.32 Å². The van der Waals surface area contributed by atoms with Gasteiger partial charge in [0.05, 0.1) is 24.8 Å². The summed E-state index contributed by atoms with van der Waals surface area (Å²) in [6.45, 7) is 3.14. The predicted molar refractivity (Wildman–Crippen MR) is 86.0 cm³/mol. The van der Waals surface area contributed by atoms with Crippen LogP contribution in [0, 0.1) is 0 Å². The number of carbonyl (C=O) groups excluding carboxylic acids is 1. The number of aliphatic hydroxyl groups is 1. The largest absolute Gasteiger partial charge is 0.388 e. The summed E-state index contributed by atoms with van der Waals surface area (Å²) in [5.74, 6) is 0. The lowest BCUT2D eigenvalue weighted by Crippen LogP contribution is -2.52. The number of hydrogen-bond donors (Lipinski definition) is 2. The lowest BCUT2D eigenvalue weighted by Gasteiger charge is -2.37. The molecular formula is C16H23ClN2O3. The van der Waals surface area contributed by atoms with Crippen molar-refractivity contribution in [1.82, 2.24) is 10.2 Å². The van der Waals surface area contributed by atoms with Gasteiger partial charge in [0.15, 0.2) is 0 Å². The number of rotatable bonds is 4. The van der Waals surface area contributed by atoms with Crippen LogP contribution in [0.2, 0.25) is 5.02 Å². The van der Waals surface area contributed by atoms with Crippen LogP contribution in [0.25, 0.3) is 0 Å². The van der Waals surface area contributed by atoms with E-state index in [1.54, 1.807) is 31.1 Å². The van der Waals surface area contributed by atoms with Crippen LogP contribution in [-0.4, -0.2) is 48.4 Å². The standard InChI is InChI=1S/C16H23ClN2O3/c1-16(21)8-3-9-19(11-16)15(20)18-14(10-22-2)12-4-6-13(17)7-5-12/h4-7,14,21H,3,8-11H2,1-2H3,(H,18,20). The highest BCUT2D eigenvalue weighted by Crippen LogP contribution is 2.22. The van der Waals surface area contributed by atoms with E-state index in [0.29, 0.717) is 24.7 Å². The van der Waals surface area contributed by atoms with Gasteiger partial charge >= 0.3 is 6.03 Å². The van der Waals surface area contributed by atoms with Crippen LogP contribution in [-0.2, 0) is 4.74 Å². The summed E-state index contributed by atoms with van der Waals surface area (Å²) in [7, 11) is 1.60. The first-order chi connectivity index (χ1) is 10.4. The van der Waals surface area contributed by atoms with E-state index in [1.807, 2.05) is 12.1 Å². The number of β-amino-alcohol motifs (C(OH)–C–C–N with tert-alkyl or cyclic N) is 1. The van der Waals surface area contributed by atoms with E-state index in [1.165, 1.54) is 0 Å². The van der Waals surface area contributed by atoms with Crippen LogP contribution >= 0.6 is 11.6 Å². The Morgan fingerprint density at radius 3 is 2.77 bits per heavy atom. The third-order valence-electron chi connectivity index (χ3n) is 3.87. The molecule has 122 valence electrons. The van der Waals surface area contributed by atoms with E-state index in [4.69, 9.17) is 16.3 Å². The van der Waals surface area contributed by atoms with E-state index < -0.39 is 5.60 Å². The molecule has 0 aromatic heterocycles. The van der Waals surface area contributed by atoms with Gasteiger partial charge in [-0.3, -0.25) is 0 Å². The molecule has 22 heavy (non-hydrogen) atoms. The van der Waals surface area contributed by atoms with Crippen molar-refractivity contribution < 1.29 is 14.6 Å². The van der Waals surface area contributed by atoms with Gasteiger partial charge in [-0.1, -0.05) is 23.7 Å². The maximum absolute atomic E-state index is 12.4. The van der Waals surface area contributed by atoms with Gasteiger partial charge in [0.2, 0.25) is 0 Å². The van der Waals surface area contributed by atoms with Crippen molar-refractivity contribution in [3.8, 4) is 0 Å². The number of halogens is 1. The van der Waals surface area contributed by atoms with E-state index in [2.05, 4.69) is 5.32 Å². The Morgan fingerprint density at radius 1 is 1.50 bits per heavy atom. The molecule has 0 saturated carbocycles. The average molecular weight is 327 g/mol. The maximum Gasteiger partial charge on any atom is 0.318 e. The van der Waals surface area contributed by atoms with Crippen LogP contribution in [0.1, 0.15) is 31.4 Å². The van der Waals surface area contributed by atoms with Gasteiger partial charge in [-0.2, -0.15) is 0 Å². The summed E-state index contributed by atoms with van der Waals surface area (Å²) in [4.78, 5) is 14.1. The highest BCUT2D eigenvalue weighted by Gasteiger charge is 2.31. The summed E-state index contributed by atoms with van der Waals surface area (Å²) in [6, 6.07) is 6.89. The van der Waals surface area contributed by atoms with Gasteiger partial charge in [0.1, 0.15) is 0 Å². The van der Waals surface area contributed by atoms with Crippen molar-refractivity contribution in [2.45, 2.75) is 31.4 Å². The zero-order chi connectivity index (χ0) is 16.2. The highest BCUT2D eigenvalue weighted by atomic mass is 35.5. The fourth-order valence-electron chi connectivity index (χ4n) is 2.72. The Balaban J connectivity index is 2.04. The van der Waals surface area contributed by atoms with E-state index in [9.17, 15) is 9.90 Å². The van der Waals surface area contributed by atoms with Crippen molar-refractivity contribution in [2.75, 3.05) is 26.8 Å². The number of nitrogens with zero attached hydrogens (tertiary/aromatic N) is 1. The molecule has 1 aliphatic rings. The molecule has 1 heterocycles. The molecule has 5 nitrogen and oxygen atoms in total. The molecule has 1 saturated heterocycles. The fourth-order valence-corrected chi connectivity index (χ4v) is 2.84. The summed E-state index contributed by atoms with van der Waals surface area (Å²) in [6.07, 6.45) is 1.52. The molecule has 2 atom stereocenters. The first kappa shape index (κ1) is 17.1. The Hall–Kier alpha value is -1.30. The topological polar surface area (TPSA) is 61.8 Å². The molecule has 0 aliphatic carbocycles. The van der Waals surface area contributed by atoms with Gasteiger partial charge in [0, 0.05) is 18.7 Å².